The number of likely N-dealkylation sites (N-methyl/N-ethyl adjacent to an activating group) is 1. The summed E-state index contributed by atoms with van der Waals surface area (Å²) in [6.07, 6.45) is 1.98. The average Bonchev–Trinajstić information content (AvgIpc) is 3.18. The molecule has 31 heavy (non-hydrogen) atoms. The van der Waals surface area contributed by atoms with Crippen LogP contribution in [0, 0.1) is 0 Å². The Morgan fingerprint density at radius 1 is 1.16 bits per heavy atom. The number of carbonyl (C=O) groups excluding carboxylic acids is 3. The molecule has 0 saturated heterocycles. The van der Waals surface area contributed by atoms with Crippen molar-refractivity contribution in [2.75, 3.05) is 30.9 Å². The minimum Gasteiger partial charge on any atom is -0.456 e. The third-order valence-electron chi connectivity index (χ3n) is 5.43. The largest absolute Gasteiger partial charge is 0.456 e. The second kappa shape index (κ2) is 8.85. The smallest absolute Gasteiger partial charge is 0.338 e. The first kappa shape index (κ1) is 21.0. The Morgan fingerprint density at radius 2 is 1.87 bits per heavy atom. The first-order valence-corrected chi connectivity index (χ1v) is 11.2. The zero-order valence-corrected chi connectivity index (χ0v) is 18.1. The molecule has 4 rings (SSSR count). The maximum Gasteiger partial charge on any atom is 0.338 e. The van der Waals surface area contributed by atoms with E-state index in [9.17, 15) is 14.4 Å². The summed E-state index contributed by atoms with van der Waals surface area (Å²) in [4.78, 5) is 42.5. The highest BCUT2D eigenvalue weighted by atomic mass is 32.2. The Balaban J connectivity index is 1.62. The van der Waals surface area contributed by atoms with Crippen LogP contribution in [0.5, 0.6) is 0 Å². The van der Waals surface area contributed by atoms with Crippen LogP contribution in [0.1, 0.15) is 18.5 Å². The molecule has 1 atom stereocenters. The summed E-state index contributed by atoms with van der Waals surface area (Å²) in [5.74, 6) is -0.709. The van der Waals surface area contributed by atoms with E-state index in [4.69, 9.17) is 4.74 Å². The van der Waals surface area contributed by atoms with Crippen molar-refractivity contribution in [2.24, 2.45) is 0 Å². The highest BCUT2D eigenvalue weighted by Crippen LogP contribution is 2.35. The number of nitrogens with zero attached hydrogens (tertiary/aromatic N) is 2. The zero-order valence-electron chi connectivity index (χ0n) is 17.3. The third-order valence-corrected chi connectivity index (χ3v) is 6.17. The van der Waals surface area contributed by atoms with Gasteiger partial charge in [-0.25, -0.2) is 9.59 Å². The van der Waals surface area contributed by atoms with Gasteiger partial charge in [0.25, 0.3) is 0 Å². The molecule has 2 heterocycles. The summed E-state index contributed by atoms with van der Waals surface area (Å²) < 4.78 is 5.25. The van der Waals surface area contributed by atoms with Crippen molar-refractivity contribution in [1.82, 2.24) is 10.2 Å². The van der Waals surface area contributed by atoms with E-state index in [0.29, 0.717) is 17.8 Å². The molecular formula is C23H23N3O4S. The summed E-state index contributed by atoms with van der Waals surface area (Å²) in [6.45, 7) is 2.14. The molecule has 8 heteroatoms. The number of esters is 1. The highest BCUT2D eigenvalue weighted by Gasteiger charge is 2.43. The van der Waals surface area contributed by atoms with Gasteiger partial charge in [-0.05, 0) is 43.0 Å². The molecular weight excluding hydrogens is 414 g/mol. The van der Waals surface area contributed by atoms with Crippen molar-refractivity contribution in [3.63, 3.8) is 0 Å². The van der Waals surface area contributed by atoms with E-state index in [-0.39, 0.29) is 19.1 Å². The Bertz CT molecular complexity index is 1040. The number of thioether (sulfide) groups is 1. The lowest BCUT2D eigenvalue weighted by molar-refractivity contribution is -0.136. The topological polar surface area (TPSA) is 79.0 Å². The van der Waals surface area contributed by atoms with Crippen molar-refractivity contribution in [1.29, 1.82) is 0 Å². The van der Waals surface area contributed by atoms with Gasteiger partial charge in [-0.15, -0.1) is 11.8 Å². The number of nitrogens with one attached hydrogen (secondary N) is 1. The van der Waals surface area contributed by atoms with Crippen LogP contribution in [0.15, 0.2) is 70.8 Å². The molecule has 0 spiro atoms. The van der Waals surface area contributed by atoms with Gasteiger partial charge < -0.3 is 15.0 Å². The van der Waals surface area contributed by atoms with Gasteiger partial charge in [-0.2, -0.15) is 0 Å². The third kappa shape index (κ3) is 4.03. The lowest BCUT2D eigenvalue weighted by Crippen LogP contribution is -2.51. The second-order valence-corrected chi connectivity index (χ2v) is 8.03. The molecule has 0 radical (unpaired) electrons. The number of anilines is 1. The van der Waals surface area contributed by atoms with Crippen LogP contribution in [0.3, 0.4) is 0 Å². The standard InChI is InChI=1S/C23H23N3O4S/c1-3-25(16-7-5-4-6-8-16)19(27)13-26-18-14-30-22(28)20(18)21(24-23(26)29)15-9-11-17(31-2)12-10-15/h4-12,21H,3,13-14H2,1-2H3,(H,24,29). The van der Waals surface area contributed by atoms with E-state index < -0.39 is 18.0 Å². The molecule has 0 aromatic heterocycles. The fourth-order valence-electron chi connectivity index (χ4n) is 3.86. The Hall–Kier alpha value is -3.26. The van der Waals surface area contributed by atoms with Gasteiger partial charge in [-0.1, -0.05) is 30.3 Å². The molecule has 1 N–H and O–H groups in total. The van der Waals surface area contributed by atoms with Crippen molar-refractivity contribution in [3.05, 3.63) is 71.4 Å². The first-order chi connectivity index (χ1) is 15.0. The second-order valence-electron chi connectivity index (χ2n) is 7.15. The Labute approximate surface area is 185 Å². The van der Waals surface area contributed by atoms with Gasteiger partial charge in [0.1, 0.15) is 13.2 Å². The molecule has 2 aliphatic heterocycles. The minimum absolute atomic E-state index is 0.0221. The van der Waals surface area contributed by atoms with Gasteiger partial charge in [0.15, 0.2) is 0 Å². The van der Waals surface area contributed by atoms with E-state index >= 15 is 0 Å². The number of cyclic esters (lactones) is 1. The monoisotopic (exact) mass is 437 g/mol. The van der Waals surface area contributed by atoms with E-state index in [1.165, 1.54) is 4.90 Å². The van der Waals surface area contributed by atoms with Crippen molar-refractivity contribution >= 4 is 35.4 Å². The number of para-hydroxylation sites is 1. The van der Waals surface area contributed by atoms with Crippen molar-refractivity contribution < 1.29 is 19.1 Å². The summed E-state index contributed by atoms with van der Waals surface area (Å²) in [7, 11) is 0. The summed E-state index contributed by atoms with van der Waals surface area (Å²) >= 11 is 1.61. The molecule has 2 aliphatic rings. The van der Waals surface area contributed by atoms with Crippen LogP contribution in [0.25, 0.3) is 0 Å². The molecule has 7 nitrogen and oxygen atoms in total. The summed E-state index contributed by atoms with van der Waals surface area (Å²) in [5, 5.41) is 2.87. The molecule has 0 bridgehead atoms. The molecule has 2 aromatic carbocycles. The number of ether oxygens (including phenoxy) is 1. The van der Waals surface area contributed by atoms with Crippen LogP contribution >= 0.6 is 11.8 Å². The lowest BCUT2D eigenvalue weighted by Gasteiger charge is -2.33. The number of hydrogen-bond acceptors (Lipinski definition) is 5. The zero-order chi connectivity index (χ0) is 22.0. The first-order valence-electron chi connectivity index (χ1n) is 10.0. The van der Waals surface area contributed by atoms with Gasteiger partial charge in [0, 0.05) is 17.1 Å². The fourth-order valence-corrected chi connectivity index (χ4v) is 4.26. The predicted octanol–water partition coefficient (Wildman–Crippen LogP) is 3.34. The Morgan fingerprint density at radius 3 is 2.52 bits per heavy atom. The minimum atomic E-state index is -0.601. The molecule has 2 aromatic rings. The number of urea groups is 1. The molecule has 0 saturated carbocycles. The SMILES string of the molecule is CCN(C(=O)CN1C(=O)NC(c2ccc(SC)cc2)C2=C1COC2=O)c1ccccc1. The fraction of sp³-hybridized carbons (Fsp3) is 0.261. The maximum atomic E-state index is 13.0. The van der Waals surface area contributed by atoms with Crippen LogP contribution in [-0.2, 0) is 14.3 Å². The van der Waals surface area contributed by atoms with E-state index in [1.807, 2.05) is 67.8 Å². The average molecular weight is 438 g/mol. The molecule has 3 amide bonds. The number of hydrogen-bond donors (Lipinski definition) is 1. The van der Waals surface area contributed by atoms with Gasteiger partial charge >= 0.3 is 12.0 Å². The van der Waals surface area contributed by atoms with E-state index in [1.54, 1.807) is 16.7 Å². The lowest BCUT2D eigenvalue weighted by atomic mass is 9.96. The highest BCUT2D eigenvalue weighted by molar-refractivity contribution is 7.98. The van der Waals surface area contributed by atoms with Crippen LogP contribution < -0.4 is 10.2 Å². The van der Waals surface area contributed by atoms with E-state index in [0.717, 1.165) is 16.1 Å². The normalized spacial score (nSPS) is 17.9. The van der Waals surface area contributed by atoms with Gasteiger partial charge in [0.05, 0.1) is 17.3 Å². The maximum absolute atomic E-state index is 13.0. The van der Waals surface area contributed by atoms with Crippen LogP contribution in [0.4, 0.5) is 10.5 Å². The summed E-state index contributed by atoms with van der Waals surface area (Å²) in [5.41, 5.74) is 2.38. The van der Waals surface area contributed by atoms with Crippen molar-refractivity contribution in [2.45, 2.75) is 17.9 Å². The molecule has 0 aliphatic carbocycles. The number of carbonyl (C=O) groups is 3. The van der Waals surface area contributed by atoms with E-state index in [2.05, 4.69) is 5.32 Å². The van der Waals surface area contributed by atoms with Gasteiger partial charge in [0.2, 0.25) is 5.91 Å². The molecule has 0 fully saturated rings. The number of rotatable bonds is 6. The van der Waals surface area contributed by atoms with Crippen LogP contribution in [-0.4, -0.2) is 48.8 Å². The van der Waals surface area contributed by atoms with Gasteiger partial charge in [-0.3, -0.25) is 9.69 Å². The Kier molecular flexibility index (Phi) is 5.99. The number of amides is 3. The predicted molar refractivity (Wildman–Crippen MR) is 119 cm³/mol. The molecule has 1 unspecified atom stereocenters. The number of benzene rings is 2. The van der Waals surface area contributed by atoms with Crippen LogP contribution in [0.2, 0.25) is 0 Å². The van der Waals surface area contributed by atoms with Crippen molar-refractivity contribution in [3.8, 4) is 0 Å². The quantitative estimate of drug-likeness (QED) is 0.554. The summed E-state index contributed by atoms with van der Waals surface area (Å²) in [6, 6.07) is 15.9. The molecule has 160 valence electrons.